The van der Waals surface area contributed by atoms with E-state index in [1.54, 1.807) is 31.2 Å². The highest BCUT2D eigenvalue weighted by atomic mass is 28.4. The summed E-state index contributed by atoms with van der Waals surface area (Å²) in [5.74, 6) is -1.03. The third-order valence-corrected chi connectivity index (χ3v) is 16.7. The van der Waals surface area contributed by atoms with Crippen molar-refractivity contribution < 1.29 is 23.2 Å². The van der Waals surface area contributed by atoms with Gasteiger partial charge < -0.3 is 13.6 Å². The van der Waals surface area contributed by atoms with Gasteiger partial charge in [-0.15, -0.1) is 0 Å². The zero-order chi connectivity index (χ0) is 26.5. The number of ether oxygens (including phenoxy) is 1. The van der Waals surface area contributed by atoms with E-state index in [9.17, 15) is 9.59 Å². The Morgan fingerprint density at radius 3 is 1.82 bits per heavy atom. The number of carbonyl (C=O) groups is 2. The topological polar surface area (TPSA) is 61.8 Å². The highest BCUT2D eigenvalue weighted by molar-refractivity contribution is 6.74. The number of Topliss-reactive ketones (excluding diaryl/α,β-unsaturated/α-hetero) is 1. The van der Waals surface area contributed by atoms with Gasteiger partial charge in [0.25, 0.3) is 0 Å². The first-order valence-electron chi connectivity index (χ1n) is 12.4. The number of ketones is 1. The number of carbonyl (C=O) groups excluding carboxylic acids is 2. The van der Waals surface area contributed by atoms with Gasteiger partial charge >= 0.3 is 5.97 Å². The summed E-state index contributed by atoms with van der Waals surface area (Å²) in [5, 5.41) is 0.129. The normalized spacial score (nSPS) is 16.0. The van der Waals surface area contributed by atoms with Crippen molar-refractivity contribution in [2.45, 2.75) is 110 Å². The van der Waals surface area contributed by atoms with Gasteiger partial charge in [-0.3, -0.25) is 4.79 Å². The monoisotopic (exact) mass is 508 g/mol. The smallest absolute Gasteiger partial charge is 0.338 e. The first-order chi connectivity index (χ1) is 15.3. The molecule has 0 aliphatic rings. The molecule has 0 radical (unpaired) electrons. The van der Waals surface area contributed by atoms with Crippen LogP contribution in [-0.4, -0.2) is 47.2 Å². The summed E-state index contributed by atoms with van der Waals surface area (Å²) in [6.45, 7) is 26.2. The highest BCUT2D eigenvalue weighted by Crippen LogP contribution is 2.39. The second-order valence-corrected chi connectivity index (χ2v) is 22.0. The van der Waals surface area contributed by atoms with E-state index in [0.717, 1.165) is 0 Å². The molecule has 0 aromatic heterocycles. The fourth-order valence-electron chi connectivity index (χ4n) is 3.03. The van der Waals surface area contributed by atoms with Crippen molar-refractivity contribution in [3.05, 3.63) is 35.9 Å². The van der Waals surface area contributed by atoms with Crippen LogP contribution in [0, 0.1) is 5.92 Å². The number of hydrogen-bond donors (Lipinski definition) is 0. The van der Waals surface area contributed by atoms with Crippen molar-refractivity contribution in [3.63, 3.8) is 0 Å². The highest BCUT2D eigenvalue weighted by Gasteiger charge is 2.42. The summed E-state index contributed by atoms with van der Waals surface area (Å²) in [5.41, 5.74) is 0.437. The molecule has 34 heavy (non-hydrogen) atoms. The second-order valence-electron chi connectivity index (χ2n) is 12.4. The average molecular weight is 509 g/mol. The van der Waals surface area contributed by atoms with Crippen molar-refractivity contribution in [3.8, 4) is 0 Å². The van der Waals surface area contributed by atoms with Gasteiger partial charge in [-0.2, -0.15) is 0 Å². The van der Waals surface area contributed by atoms with Crippen LogP contribution in [0.3, 0.4) is 0 Å². The molecule has 1 aromatic carbocycles. The predicted octanol–water partition coefficient (Wildman–Crippen LogP) is 7.24. The molecule has 0 unspecified atom stereocenters. The Balaban J connectivity index is 3.00. The molecular formula is C27H48O5Si2. The Bertz CT molecular complexity index is 807. The minimum Gasteiger partial charge on any atom is -0.451 e. The molecule has 0 bridgehead atoms. The summed E-state index contributed by atoms with van der Waals surface area (Å²) in [6.07, 6.45) is -0.517. The Morgan fingerprint density at radius 2 is 1.35 bits per heavy atom. The molecule has 0 amide bonds. The van der Waals surface area contributed by atoms with Crippen molar-refractivity contribution in [2.75, 3.05) is 6.61 Å². The Labute approximate surface area is 210 Å². The molecule has 194 valence electrons. The van der Waals surface area contributed by atoms with Gasteiger partial charge in [0.15, 0.2) is 28.5 Å². The molecule has 1 aromatic rings. The van der Waals surface area contributed by atoms with Crippen LogP contribution in [0.1, 0.15) is 72.2 Å². The molecule has 0 heterocycles. The fourth-order valence-corrected chi connectivity index (χ4v) is 5.52. The van der Waals surface area contributed by atoms with E-state index in [2.05, 4.69) is 67.7 Å². The molecular weight excluding hydrogens is 460 g/mol. The average Bonchev–Trinajstić information content (AvgIpc) is 2.70. The number of benzene rings is 1. The molecule has 0 aliphatic heterocycles. The standard InChI is InChI=1S/C27H48O5Si2/c1-20(24(28)21(2)31-25(29)22-16-14-13-15-17-22)23(32-34(11,12)27(6,7)8)18-19-30-33(9,10)26(3,4)5/h13-17,20-21,23H,18-19H2,1-12H3/t20-,21+,23-/m1/s1. The molecule has 0 aliphatic carbocycles. The van der Waals surface area contributed by atoms with E-state index in [-0.39, 0.29) is 22.0 Å². The van der Waals surface area contributed by atoms with Crippen molar-refractivity contribution in [1.29, 1.82) is 0 Å². The minimum atomic E-state index is -2.13. The summed E-state index contributed by atoms with van der Waals surface area (Å²) >= 11 is 0. The third-order valence-electron chi connectivity index (χ3n) is 7.62. The number of hydrogen-bond acceptors (Lipinski definition) is 5. The molecule has 0 N–H and O–H groups in total. The summed E-state index contributed by atoms with van der Waals surface area (Å²) in [4.78, 5) is 25.8. The van der Waals surface area contributed by atoms with Crippen LogP contribution in [0.2, 0.25) is 36.3 Å². The molecule has 1 rings (SSSR count). The van der Waals surface area contributed by atoms with Crippen LogP contribution in [0.5, 0.6) is 0 Å². The van der Waals surface area contributed by atoms with Gasteiger partial charge in [0.1, 0.15) is 0 Å². The quantitative estimate of drug-likeness (QED) is 0.233. The van der Waals surface area contributed by atoms with Crippen molar-refractivity contribution in [2.24, 2.45) is 5.92 Å². The Hall–Kier alpha value is -1.29. The maximum absolute atomic E-state index is 13.3. The van der Waals surface area contributed by atoms with Gasteiger partial charge in [-0.25, -0.2) is 4.79 Å². The van der Waals surface area contributed by atoms with Gasteiger partial charge in [0, 0.05) is 12.5 Å². The predicted molar refractivity (Wildman–Crippen MR) is 145 cm³/mol. The molecule has 3 atom stereocenters. The van der Waals surface area contributed by atoms with Crippen molar-refractivity contribution >= 4 is 28.4 Å². The Kier molecular flexibility index (Phi) is 10.5. The van der Waals surface area contributed by atoms with Gasteiger partial charge in [0.05, 0.1) is 11.7 Å². The van der Waals surface area contributed by atoms with E-state index in [4.69, 9.17) is 13.6 Å². The molecule has 5 nitrogen and oxygen atoms in total. The van der Waals surface area contributed by atoms with E-state index < -0.39 is 34.6 Å². The van der Waals surface area contributed by atoms with E-state index >= 15 is 0 Å². The van der Waals surface area contributed by atoms with Crippen LogP contribution < -0.4 is 0 Å². The van der Waals surface area contributed by atoms with Crippen LogP contribution in [0.15, 0.2) is 30.3 Å². The molecule has 0 saturated carbocycles. The van der Waals surface area contributed by atoms with E-state index in [1.807, 2.05) is 13.0 Å². The first-order valence-corrected chi connectivity index (χ1v) is 18.2. The van der Waals surface area contributed by atoms with Crippen molar-refractivity contribution in [1.82, 2.24) is 0 Å². The van der Waals surface area contributed by atoms with Crippen LogP contribution in [0.25, 0.3) is 0 Å². The third kappa shape index (κ3) is 8.43. The minimum absolute atomic E-state index is 0.0136. The second kappa shape index (κ2) is 11.6. The number of esters is 1. The summed E-state index contributed by atoms with van der Waals surface area (Å²) in [6, 6.07) is 8.76. The zero-order valence-corrected chi connectivity index (χ0v) is 25.6. The lowest BCUT2D eigenvalue weighted by Crippen LogP contribution is -2.48. The van der Waals surface area contributed by atoms with E-state index in [1.165, 1.54) is 0 Å². The lowest BCUT2D eigenvalue weighted by Gasteiger charge is -2.41. The van der Waals surface area contributed by atoms with Crippen LogP contribution >= 0.6 is 0 Å². The summed E-state index contributed by atoms with van der Waals surface area (Å²) in [7, 11) is -4.04. The maximum atomic E-state index is 13.3. The lowest BCUT2D eigenvalue weighted by atomic mass is 9.94. The summed E-state index contributed by atoms with van der Waals surface area (Å²) < 4.78 is 18.7. The zero-order valence-electron chi connectivity index (χ0n) is 23.6. The lowest BCUT2D eigenvalue weighted by molar-refractivity contribution is -0.133. The van der Waals surface area contributed by atoms with E-state index in [0.29, 0.717) is 18.6 Å². The van der Waals surface area contributed by atoms with Gasteiger partial charge in [0.2, 0.25) is 0 Å². The largest absolute Gasteiger partial charge is 0.451 e. The number of rotatable bonds is 11. The SMILES string of the molecule is C[C@H](OC(=O)c1ccccc1)C(=O)[C@H](C)[C@@H](CCO[Si](C)(C)C(C)(C)C)O[Si](C)(C)C(C)(C)C. The van der Waals surface area contributed by atoms with Crippen LogP contribution in [0.4, 0.5) is 0 Å². The molecule has 0 spiro atoms. The van der Waals surface area contributed by atoms with Crippen LogP contribution in [-0.2, 0) is 18.4 Å². The maximum Gasteiger partial charge on any atom is 0.338 e. The fraction of sp³-hybridized carbons (Fsp3) is 0.704. The molecule has 0 saturated heterocycles. The molecule has 0 fully saturated rings. The Morgan fingerprint density at radius 1 is 0.853 bits per heavy atom. The van der Waals surface area contributed by atoms with Gasteiger partial charge in [-0.1, -0.05) is 66.7 Å². The first kappa shape index (κ1) is 30.7. The molecule has 7 heteroatoms. The van der Waals surface area contributed by atoms with Gasteiger partial charge in [-0.05, 0) is 61.7 Å².